The van der Waals surface area contributed by atoms with Gasteiger partial charge in [0, 0.05) is 11.1 Å². The molecule has 1 saturated carbocycles. The molecule has 1 fully saturated rings. The standard InChI is InChI=1S/C25H36.C19H27N/c1-17-19-11-9-10-12-20(19)21(13-22(17)23(2,3)4)18-14-24(5,6)16-25(7,8)15-18;1-12-9-10-14-13(2)15(18(3,4)5)11-16(17(14)20-12)19(6,7)8/h9-13,18H,14-16H2,1-8H3;9-11H,1-8H3. The van der Waals surface area contributed by atoms with Gasteiger partial charge >= 0.3 is 0 Å². The van der Waals surface area contributed by atoms with E-state index in [1.807, 2.05) is 0 Å². The summed E-state index contributed by atoms with van der Waals surface area (Å²) in [6.07, 6.45) is 3.92. The van der Waals surface area contributed by atoms with Gasteiger partial charge < -0.3 is 0 Å². The number of fused-ring (bicyclic) bond motifs is 2. The van der Waals surface area contributed by atoms with Gasteiger partial charge in [-0.25, -0.2) is 0 Å². The molecule has 45 heavy (non-hydrogen) atoms. The summed E-state index contributed by atoms with van der Waals surface area (Å²) in [7, 11) is 0. The fourth-order valence-electron chi connectivity index (χ4n) is 8.61. The van der Waals surface area contributed by atoms with Crippen LogP contribution in [0.1, 0.15) is 154 Å². The van der Waals surface area contributed by atoms with Gasteiger partial charge in [0.15, 0.2) is 0 Å². The fraction of sp³-hybridized carbons (Fsp3) is 0.568. The summed E-state index contributed by atoms with van der Waals surface area (Å²) >= 11 is 0. The second-order valence-corrected chi connectivity index (χ2v) is 19.0. The lowest BCUT2D eigenvalue weighted by Gasteiger charge is -2.45. The van der Waals surface area contributed by atoms with E-state index >= 15 is 0 Å². The molecule has 244 valence electrons. The van der Waals surface area contributed by atoms with Gasteiger partial charge in [-0.05, 0) is 123 Å². The van der Waals surface area contributed by atoms with E-state index in [1.54, 1.807) is 5.56 Å². The molecule has 0 spiro atoms. The molecule has 0 amide bonds. The van der Waals surface area contributed by atoms with Crippen molar-refractivity contribution in [2.24, 2.45) is 10.8 Å². The van der Waals surface area contributed by atoms with Crippen LogP contribution in [-0.2, 0) is 16.2 Å². The Morgan fingerprint density at radius 2 is 1.04 bits per heavy atom. The normalized spacial score (nSPS) is 17.3. The Morgan fingerprint density at radius 3 is 1.56 bits per heavy atom. The van der Waals surface area contributed by atoms with Crippen molar-refractivity contribution in [1.29, 1.82) is 0 Å². The van der Waals surface area contributed by atoms with Crippen LogP contribution in [0.5, 0.6) is 0 Å². The van der Waals surface area contributed by atoms with E-state index in [-0.39, 0.29) is 16.2 Å². The van der Waals surface area contributed by atoms with Crippen molar-refractivity contribution in [3.05, 3.63) is 87.6 Å². The van der Waals surface area contributed by atoms with Crippen LogP contribution in [-0.4, -0.2) is 4.98 Å². The van der Waals surface area contributed by atoms with Gasteiger partial charge in [-0.15, -0.1) is 0 Å². The molecule has 0 saturated heterocycles. The predicted octanol–water partition coefficient (Wildman–Crippen LogP) is 13.2. The Kier molecular flexibility index (Phi) is 9.26. The number of hydrogen-bond donors (Lipinski definition) is 0. The van der Waals surface area contributed by atoms with Crippen molar-refractivity contribution in [3.63, 3.8) is 0 Å². The first-order valence-electron chi connectivity index (χ1n) is 17.4. The molecule has 0 N–H and O–H groups in total. The molecule has 1 aliphatic carbocycles. The Morgan fingerprint density at radius 1 is 0.578 bits per heavy atom. The van der Waals surface area contributed by atoms with Gasteiger partial charge in [0.1, 0.15) is 0 Å². The minimum Gasteiger partial charge on any atom is -0.253 e. The van der Waals surface area contributed by atoms with Gasteiger partial charge in [-0.1, -0.05) is 132 Å². The zero-order valence-electron chi connectivity index (χ0n) is 31.8. The third kappa shape index (κ3) is 7.66. The lowest BCUT2D eigenvalue weighted by atomic mass is 9.59. The smallest absolute Gasteiger partial charge is 0.0745 e. The number of aryl methyl sites for hydroxylation is 3. The summed E-state index contributed by atoms with van der Waals surface area (Å²) in [4.78, 5) is 4.83. The minimum atomic E-state index is 0.104. The first kappa shape index (κ1) is 35.2. The van der Waals surface area contributed by atoms with E-state index in [4.69, 9.17) is 4.98 Å². The first-order valence-corrected chi connectivity index (χ1v) is 17.4. The van der Waals surface area contributed by atoms with E-state index in [0.29, 0.717) is 16.7 Å². The van der Waals surface area contributed by atoms with E-state index in [9.17, 15) is 0 Å². The molecule has 0 unspecified atom stereocenters. The number of nitrogens with zero attached hydrogens (tertiary/aromatic N) is 1. The molecule has 0 aliphatic heterocycles. The van der Waals surface area contributed by atoms with Crippen molar-refractivity contribution in [2.45, 2.75) is 152 Å². The van der Waals surface area contributed by atoms with Crippen molar-refractivity contribution in [1.82, 2.24) is 4.98 Å². The highest BCUT2D eigenvalue weighted by molar-refractivity contribution is 5.90. The highest BCUT2D eigenvalue weighted by atomic mass is 14.7. The van der Waals surface area contributed by atoms with Crippen molar-refractivity contribution >= 4 is 21.7 Å². The summed E-state index contributed by atoms with van der Waals surface area (Å²) < 4.78 is 0. The zero-order chi connectivity index (χ0) is 33.9. The Bertz CT molecular complexity index is 1680. The van der Waals surface area contributed by atoms with Crippen LogP contribution in [0.3, 0.4) is 0 Å². The van der Waals surface area contributed by atoms with Crippen LogP contribution >= 0.6 is 0 Å². The van der Waals surface area contributed by atoms with E-state index < -0.39 is 0 Å². The third-order valence-electron chi connectivity index (χ3n) is 10.2. The zero-order valence-corrected chi connectivity index (χ0v) is 31.8. The molecular formula is C44H63N. The SMILES string of the molecule is Cc1c(C(C)(C)C)cc(C2CC(C)(C)CC(C)(C)C2)c2ccccc12.Cc1ccc2c(C)c(C(C)(C)C)cc(C(C)(C)C)c2n1. The lowest BCUT2D eigenvalue weighted by Crippen LogP contribution is -2.33. The van der Waals surface area contributed by atoms with Gasteiger partial charge in [0.2, 0.25) is 0 Å². The van der Waals surface area contributed by atoms with Gasteiger partial charge in [0.25, 0.3) is 0 Å². The largest absolute Gasteiger partial charge is 0.253 e. The average Bonchev–Trinajstić information content (AvgIpc) is 2.85. The van der Waals surface area contributed by atoms with Crippen molar-refractivity contribution in [3.8, 4) is 0 Å². The van der Waals surface area contributed by atoms with Gasteiger partial charge in [-0.2, -0.15) is 0 Å². The number of aromatic nitrogens is 1. The van der Waals surface area contributed by atoms with Crippen molar-refractivity contribution in [2.75, 3.05) is 0 Å². The predicted molar refractivity (Wildman–Crippen MR) is 200 cm³/mol. The fourth-order valence-corrected chi connectivity index (χ4v) is 8.61. The molecule has 4 aromatic rings. The molecule has 5 rings (SSSR count). The van der Waals surface area contributed by atoms with Crippen LogP contribution in [0.15, 0.2) is 48.5 Å². The molecule has 0 bridgehead atoms. The lowest BCUT2D eigenvalue weighted by molar-refractivity contribution is 0.0973. The summed E-state index contributed by atoms with van der Waals surface area (Å²) in [6, 6.07) is 18.4. The van der Waals surface area contributed by atoms with Crippen LogP contribution in [0.4, 0.5) is 0 Å². The monoisotopic (exact) mass is 605 g/mol. The van der Waals surface area contributed by atoms with E-state index in [0.717, 1.165) is 5.69 Å². The Labute approximate surface area is 276 Å². The number of pyridine rings is 1. The number of benzene rings is 3. The van der Waals surface area contributed by atoms with E-state index in [2.05, 4.69) is 159 Å². The topological polar surface area (TPSA) is 12.9 Å². The molecular weight excluding hydrogens is 542 g/mol. The van der Waals surface area contributed by atoms with Crippen molar-refractivity contribution < 1.29 is 0 Å². The average molecular weight is 606 g/mol. The quantitative estimate of drug-likeness (QED) is 0.210. The highest BCUT2D eigenvalue weighted by Gasteiger charge is 2.39. The van der Waals surface area contributed by atoms with Crippen LogP contribution < -0.4 is 0 Å². The maximum atomic E-state index is 4.83. The third-order valence-corrected chi connectivity index (χ3v) is 10.2. The molecule has 1 heteroatoms. The van der Waals surface area contributed by atoms with Gasteiger partial charge in [0.05, 0.1) is 5.52 Å². The van der Waals surface area contributed by atoms with Crippen LogP contribution in [0.2, 0.25) is 0 Å². The summed E-state index contributed by atoms with van der Waals surface area (Å²) in [5.74, 6) is 0.658. The van der Waals surface area contributed by atoms with Crippen LogP contribution in [0.25, 0.3) is 21.7 Å². The number of rotatable bonds is 1. The second kappa shape index (κ2) is 11.8. The summed E-state index contributed by atoms with van der Waals surface area (Å²) in [5, 5.41) is 4.23. The highest BCUT2D eigenvalue weighted by Crippen LogP contribution is 2.53. The number of hydrogen-bond acceptors (Lipinski definition) is 1. The molecule has 1 nitrogen and oxygen atoms in total. The molecule has 3 aromatic carbocycles. The second-order valence-electron chi connectivity index (χ2n) is 19.0. The maximum absolute atomic E-state index is 4.83. The van der Waals surface area contributed by atoms with E-state index in [1.165, 1.54) is 68.8 Å². The maximum Gasteiger partial charge on any atom is 0.0745 e. The van der Waals surface area contributed by atoms with Gasteiger partial charge in [-0.3, -0.25) is 4.98 Å². The van der Waals surface area contributed by atoms with Crippen LogP contribution in [0, 0.1) is 31.6 Å². The first-order chi connectivity index (χ1) is 20.4. The summed E-state index contributed by atoms with van der Waals surface area (Å²) in [6.45, 7) is 37.2. The Hall–Kier alpha value is -2.67. The molecule has 1 aliphatic rings. The molecule has 0 atom stereocenters. The molecule has 0 radical (unpaired) electrons. The Balaban J connectivity index is 0.000000210. The molecule has 1 heterocycles. The minimum absolute atomic E-state index is 0.104. The molecule has 1 aromatic heterocycles. The summed E-state index contributed by atoms with van der Waals surface area (Å²) in [5.41, 5.74) is 12.3.